The second kappa shape index (κ2) is 5.81. The fraction of sp³-hybridized carbons (Fsp3) is 0.727. The lowest BCUT2D eigenvalue weighted by Crippen LogP contribution is -2.49. The van der Waals surface area contributed by atoms with Crippen molar-refractivity contribution in [3.63, 3.8) is 0 Å². The van der Waals surface area contributed by atoms with E-state index in [0.717, 1.165) is 43.6 Å². The molecule has 0 aromatic heterocycles. The van der Waals surface area contributed by atoms with E-state index in [1.54, 1.807) is 0 Å². The largest absolute Gasteiger partial charge is 0.295 e. The van der Waals surface area contributed by atoms with E-state index in [9.17, 15) is 9.59 Å². The number of carbonyl (C=O) groups excluding carboxylic acids is 2. The van der Waals surface area contributed by atoms with E-state index in [2.05, 4.69) is 13.8 Å². The van der Waals surface area contributed by atoms with Gasteiger partial charge >= 0.3 is 0 Å². The number of halogens is 1. The first-order valence-corrected chi connectivity index (χ1v) is 10.3. The number of rotatable bonds is 1. The van der Waals surface area contributed by atoms with Crippen molar-refractivity contribution in [2.45, 2.75) is 72.1 Å². The predicted octanol–water partition coefficient (Wildman–Crippen LogP) is 5.60. The van der Waals surface area contributed by atoms with Crippen molar-refractivity contribution >= 4 is 22.6 Å². The third kappa shape index (κ3) is 2.43. The van der Waals surface area contributed by atoms with Gasteiger partial charge < -0.3 is 0 Å². The molecule has 0 N–H and O–H groups in total. The number of ketones is 1. The van der Waals surface area contributed by atoms with Gasteiger partial charge in [0.2, 0.25) is 5.24 Å². The van der Waals surface area contributed by atoms with Gasteiger partial charge in [-0.3, -0.25) is 9.59 Å². The Morgan fingerprint density at radius 1 is 1.04 bits per heavy atom. The van der Waals surface area contributed by atoms with Crippen LogP contribution in [0.3, 0.4) is 0 Å². The maximum absolute atomic E-state index is 11.9. The Morgan fingerprint density at radius 2 is 1.76 bits per heavy atom. The minimum atomic E-state index is -0.273. The van der Waals surface area contributed by atoms with Crippen LogP contribution in [0.5, 0.6) is 0 Å². The topological polar surface area (TPSA) is 34.1 Å². The highest BCUT2D eigenvalue weighted by Gasteiger charge is 2.57. The molecule has 4 aliphatic rings. The zero-order valence-corrected chi connectivity index (χ0v) is 16.4. The molecule has 5 atom stereocenters. The molecule has 0 bridgehead atoms. The highest BCUT2D eigenvalue weighted by molar-refractivity contribution is 6.67. The first kappa shape index (κ1) is 17.5. The molecule has 0 aromatic carbocycles. The molecule has 0 aliphatic heterocycles. The highest BCUT2D eigenvalue weighted by atomic mass is 35.5. The maximum Gasteiger partial charge on any atom is 0.248 e. The Bertz CT molecular complexity index is 703. The number of carbonyl (C=O) groups is 2. The zero-order valence-electron chi connectivity index (χ0n) is 15.7. The number of hydrogen-bond donors (Lipinski definition) is 0. The molecule has 25 heavy (non-hydrogen) atoms. The Morgan fingerprint density at radius 3 is 2.48 bits per heavy atom. The molecule has 4 aliphatic carbocycles. The van der Waals surface area contributed by atoms with Crippen LogP contribution in [0.2, 0.25) is 0 Å². The summed E-state index contributed by atoms with van der Waals surface area (Å²) < 4.78 is 0. The van der Waals surface area contributed by atoms with Gasteiger partial charge in [0.1, 0.15) is 0 Å². The lowest BCUT2D eigenvalue weighted by molar-refractivity contribution is -0.117. The molecule has 3 heteroatoms. The van der Waals surface area contributed by atoms with Crippen LogP contribution in [0, 0.1) is 28.6 Å². The molecule has 3 unspecified atom stereocenters. The summed E-state index contributed by atoms with van der Waals surface area (Å²) in [5.74, 6) is 2.42. The molecule has 0 saturated heterocycles. The summed E-state index contributed by atoms with van der Waals surface area (Å²) in [6.45, 7) is 6.72. The van der Waals surface area contributed by atoms with E-state index in [-0.39, 0.29) is 16.1 Å². The van der Waals surface area contributed by atoms with E-state index in [4.69, 9.17) is 11.6 Å². The molecule has 136 valence electrons. The van der Waals surface area contributed by atoms with Crippen molar-refractivity contribution in [1.82, 2.24) is 0 Å². The van der Waals surface area contributed by atoms with E-state index in [0.29, 0.717) is 17.6 Å². The Kier molecular flexibility index (Phi) is 4.07. The van der Waals surface area contributed by atoms with Crippen molar-refractivity contribution < 1.29 is 9.59 Å². The average Bonchev–Trinajstić information content (AvgIpc) is 2.92. The molecule has 0 heterocycles. The molecule has 4 rings (SSSR count). The summed E-state index contributed by atoms with van der Waals surface area (Å²) in [6, 6.07) is 0. The average molecular weight is 361 g/mol. The van der Waals surface area contributed by atoms with Gasteiger partial charge in [0, 0.05) is 12.0 Å². The molecular weight excluding hydrogens is 332 g/mol. The van der Waals surface area contributed by atoms with Crippen LogP contribution in [0.25, 0.3) is 0 Å². The van der Waals surface area contributed by atoms with Gasteiger partial charge in [-0.05, 0) is 98.1 Å². The van der Waals surface area contributed by atoms with Crippen LogP contribution < -0.4 is 0 Å². The summed E-state index contributed by atoms with van der Waals surface area (Å²) >= 11 is 5.83. The Labute approximate surface area is 156 Å². The minimum absolute atomic E-state index is 0.151. The smallest absolute Gasteiger partial charge is 0.248 e. The maximum atomic E-state index is 11.9. The zero-order chi connectivity index (χ0) is 18.0. The van der Waals surface area contributed by atoms with E-state index in [1.165, 1.54) is 30.4 Å². The van der Waals surface area contributed by atoms with Crippen LogP contribution in [-0.4, -0.2) is 11.0 Å². The molecule has 0 aromatic rings. The molecule has 0 amide bonds. The first-order chi connectivity index (χ1) is 11.8. The molecule has 3 fully saturated rings. The number of fused-ring (bicyclic) bond motifs is 5. The standard InChI is InChI=1S/C22H29ClO2/c1-13(20(23)25)17-6-7-18-16-5-4-14-12-15(24)8-10-21(14,2)19(16)9-11-22(17,18)3/h12,16,18-19H,4-11H2,1-3H3/t16?,18?,19?,21-,22+/m0/s1. The van der Waals surface area contributed by atoms with E-state index in [1.807, 2.05) is 13.0 Å². The molecule has 3 saturated carbocycles. The normalized spacial score (nSPS) is 45.2. The molecule has 2 nitrogen and oxygen atoms in total. The Balaban J connectivity index is 1.69. The fourth-order valence-electron chi connectivity index (χ4n) is 7.11. The summed E-state index contributed by atoms with van der Waals surface area (Å²) in [5, 5.41) is -0.273. The van der Waals surface area contributed by atoms with Crippen molar-refractivity contribution in [3.05, 3.63) is 22.8 Å². The van der Waals surface area contributed by atoms with Gasteiger partial charge in [0.25, 0.3) is 0 Å². The minimum Gasteiger partial charge on any atom is -0.295 e. The third-order valence-electron chi connectivity index (χ3n) is 8.49. The van der Waals surface area contributed by atoms with E-state index >= 15 is 0 Å². The number of allylic oxidation sites excluding steroid dienone is 3. The van der Waals surface area contributed by atoms with Crippen molar-refractivity contribution in [1.29, 1.82) is 0 Å². The van der Waals surface area contributed by atoms with Gasteiger partial charge in [0.15, 0.2) is 5.78 Å². The van der Waals surface area contributed by atoms with Crippen molar-refractivity contribution in [3.8, 4) is 0 Å². The molecular formula is C22H29ClO2. The van der Waals surface area contributed by atoms with Gasteiger partial charge in [-0.15, -0.1) is 0 Å². The van der Waals surface area contributed by atoms with Gasteiger partial charge in [-0.1, -0.05) is 25.0 Å². The highest BCUT2D eigenvalue weighted by Crippen LogP contribution is 2.66. The summed E-state index contributed by atoms with van der Waals surface area (Å²) in [6.07, 6.45) is 10.6. The number of hydrogen-bond acceptors (Lipinski definition) is 2. The van der Waals surface area contributed by atoms with Gasteiger partial charge in [0.05, 0.1) is 0 Å². The van der Waals surface area contributed by atoms with Crippen LogP contribution in [0.15, 0.2) is 22.8 Å². The van der Waals surface area contributed by atoms with E-state index < -0.39 is 0 Å². The second-order valence-corrected chi connectivity index (χ2v) is 9.68. The first-order valence-electron chi connectivity index (χ1n) is 9.91. The van der Waals surface area contributed by atoms with Crippen LogP contribution >= 0.6 is 11.6 Å². The van der Waals surface area contributed by atoms with Crippen molar-refractivity contribution in [2.75, 3.05) is 0 Å². The SMILES string of the molecule is CC(C(=O)Cl)=C1CCC2C3CCC4=CC(=O)CC[C@]4(C)C3CC[C@]12C. The van der Waals surface area contributed by atoms with Gasteiger partial charge in [-0.2, -0.15) is 0 Å². The quantitative estimate of drug-likeness (QED) is 0.450. The predicted molar refractivity (Wildman–Crippen MR) is 100 cm³/mol. The molecule has 0 spiro atoms. The Hall–Kier alpha value is -0.890. The van der Waals surface area contributed by atoms with Crippen LogP contribution in [0.1, 0.15) is 72.1 Å². The van der Waals surface area contributed by atoms with Gasteiger partial charge in [-0.25, -0.2) is 0 Å². The second-order valence-electron chi connectivity index (χ2n) is 9.34. The molecule has 0 radical (unpaired) electrons. The summed E-state index contributed by atoms with van der Waals surface area (Å²) in [4.78, 5) is 23.7. The fourth-order valence-corrected chi connectivity index (χ4v) is 7.22. The summed E-state index contributed by atoms with van der Waals surface area (Å²) in [7, 11) is 0. The summed E-state index contributed by atoms with van der Waals surface area (Å²) in [5.41, 5.74) is 3.94. The lowest BCUT2D eigenvalue weighted by Gasteiger charge is -2.57. The van der Waals surface area contributed by atoms with Crippen LogP contribution in [0.4, 0.5) is 0 Å². The van der Waals surface area contributed by atoms with Crippen molar-refractivity contribution in [2.24, 2.45) is 28.6 Å². The monoisotopic (exact) mass is 360 g/mol. The van der Waals surface area contributed by atoms with Crippen LogP contribution in [-0.2, 0) is 9.59 Å². The lowest BCUT2D eigenvalue weighted by atomic mass is 9.47. The third-order valence-corrected chi connectivity index (χ3v) is 8.78.